The molecule has 0 spiro atoms. The lowest BCUT2D eigenvalue weighted by Gasteiger charge is -2.07. The number of rotatable bonds is 5. The van der Waals surface area contributed by atoms with Crippen LogP contribution in [0.5, 0.6) is 0 Å². The Labute approximate surface area is 118 Å². The van der Waals surface area contributed by atoms with Gasteiger partial charge in [-0.2, -0.15) is 4.98 Å². The largest absolute Gasteiger partial charge is 0.376 e. The number of halogens is 1. The molecule has 1 aromatic heterocycles. The molecular formula is C14H18ClN3O. The van der Waals surface area contributed by atoms with Crippen molar-refractivity contribution in [2.24, 2.45) is 5.92 Å². The van der Waals surface area contributed by atoms with Crippen LogP contribution in [0.3, 0.4) is 0 Å². The van der Waals surface area contributed by atoms with Crippen molar-refractivity contribution < 1.29 is 4.52 Å². The zero-order valence-electron chi connectivity index (χ0n) is 11.4. The lowest BCUT2D eigenvalue weighted by molar-refractivity contribution is 0.375. The molecule has 2 rings (SSSR count). The van der Waals surface area contributed by atoms with Gasteiger partial charge in [-0.1, -0.05) is 36.7 Å². The first kappa shape index (κ1) is 13.9. The van der Waals surface area contributed by atoms with Gasteiger partial charge in [0.05, 0.1) is 6.54 Å². The zero-order chi connectivity index (χ0) is 13.8. The summed E-state index contributed by atoms with van der Waals surface area (Å²) in [5.74, 6) is 1.87. The molecule has 0 radical (unpaired) electrons. The number of aryl methyl sites for hydroxylation is 1. The molecule has 0 bridgehead atoms. The number of nitrogens with zero attached hydrogens (tertiary/aromatic N) is 2. The van der Waals surface area contributed by atoms with Gasteiger partial charge >= 0.3 is 0 Å². The molecule has 1 aromatic carbocycles. The second-order valence-corrected chi connectivity index (χ2v) is 5.45. The SMILES string of the molecule is Cc1ccc(Cl)cc1NCc1nc(CC(C)C)no1. The summed E-state index contributed by atoms with van der Waals surface area (Å²) in [6, 6.07) is 5.74. The van der Waals surface area contributed by atoms with E-state index in [1.165, 1.54) is 0 Å². The van der Waals surface area contributed by atoms with E-state index in [0.29, 0.717) is 23.4 Å². The molecule has 0 aliphatic carbocycles. The number of nitrogens with one attached hydrogen (secondary N) is 1. The third kappa shape index (κ3) is 3.96. The Morgan fingerprint density at radius 1 is 1.37 bits per heavy atom. The van der Waals surface area contributed by atoms with Gasteiger partial charge in [0.1, 0.15) is 0 Å². The highest BCUT2D eigenvalue weighted by atomic mass is 35.5. The van der Waals surface area contributed by atoms with E-state index in [1.54, 1.807) is 0 Å². The van der Waals surface area contributed by atoms with E-state index in [-0.39, 0.29) is 0 Å². The molecule has 19 heavy (non-hydrogen) atoms. The minimum absolute atomic E-state index is 0.506. The van der Waals surface area contributed by atoms with Gasteiger partial charge in [0.15, 0.2) is 5.82 Å². The first-order chi connectivity index (χ1) is 9.04. The number of anilines is 1. The minimum Gasteiger partial charge on any atom is -0.376 e. The quantitative estimate of drug-likeness (QED) is 0.903. The second-order valence-electron chi connectivity index (χ2n) is 5.02. The summed E-state index contributed by atoms with van der Waals surface area (Å²) in [6.07, 6.45) is 0.833. The first-order valence-electron chi connectivity index (χ1n) is 6.36. The van der Waals surface area contributed by atoms with E-state index in [0.717, 1.165) is 23.5 Å². The Morgan fingerprint density at radius 2 is 2.16 bits per heavy atom. The monoisotopic (exact) mass is 279 g/mol. The number of hydrogen-bond acceptors (Lipinski definition) is 4. The molecule has 1 N–H and O–H groups in total. The van der Waals surface area contributed by atoms with Crippen LogP contribution < -0.4 is 5.32 Å². The fourth-order valence-electron chi connectivity index (χ4n) is 1.77. The molecule has 4 nitrogen and oxygen atoms in total. The highest BCUT2D eigenvalue weighted by Crippen LogP contribution is 2.20. The Balaban J connectivity index is 1.98. The van der Waals surface area contributed by atoms with Crippen molar-refractivity contribution >= 4 is 17.3 Å². The Bertz CT molecular complexity index is 551. The molecule has 0 aliphatic rings. The van der Waals surface area contributed by atoms with Crippen molar-refractivity contribution in [3.8, 4) is 0 Å². The summed E-state index contributed by atoms with van der Waals surface area (Å²) < 4.78 is 5.20. The molecule has 0 atom stereocenters. The molecule has 0 saturated carbocycles. The van der Waals surface area contributed by atoms with Gasteiger partial charge in [0.2, 0.25) is 5.89 Å². The van der Waals surface area contributed by atoms with Crippen molar-refractivity contribution in [3.05, 3.63) is 40.5 Å². The molecular weight excluding hydrogens is 262 g/mol. The van der Waals surface area contributed by atoms with E-state index < -0.39 is 0 Å². The zero-order valence-corrected chi connectivity index (χ0v) is 12.2. The average Bonchev–Trinajstić information content (AvgIpc) is 2.77. The standard InChI is InChI=1S/C14H18ClN3O/c1-9(2)6-13-17-14(19-18-13)8-16-12-7-11(15)5-4-10(12)3/h4-5,7,9,16H,6,8H2,1-3H3. The van der Waals surface area contributed by atoms with Gasteiger partial charge in [-0.05, 0) is 30.5 Å². The smallest absolute Gasteiger partial charge is 0.245 e. The normalized spacial score (nSPS) is 11.0. The van der Waals surface area contributed by atoms with Crippen LogP contribution in [0.4, 0.5) is 5.69 Å². The van der Waals surface area contributed by atoms with E-state index in [2.05, 4.69) is 29.3 Å². The first-order valence-corrected chi connectivity index (χ1v) is 6.74. The number of hydrogen-bond donors (Lipinski definition) is 1. The fraction of sp³-hybridized carbons (Fsp3) is 0.429. The van der Waals surface area contributed by atoms with Crippen molar-refractivity contribution in [1.82, 2.24) is 10.1 Å². The number of benzene rings is 1. The summed E-state index contributed by atoms with van der Waals surface area (Å²) in [5, 5.41) is 7.92. The lowest BCUT2D eigenvalue weighted by atomic mass is 10.1. The van der Waals surface area contributed by atoms with Crippen LogP contribution >= 0.6 is 11.6 Å². The van der Waals surface area contributed by atoms with Crippen LogP contribution in [0.25, 0.3) is 0 Å². The van der Waals surface area contributed by atoms with Crippen molar-refractivity contribution in [3.63, 3.8) is 0 Å². The molecule has 5 heteroatoms. The molecule has 0 saturated heterocycles. The maximum absolute atomic E-state index is 5.97. The van der Waals surface area contributed by atoms with Crippen LogP contribution in [-0.4, -0.2) is 10.1 Å². The summed E-state index contributed by atoms with van der Waals surface area (Å²) in [5.41, 5.74) is 2.11. The molecule has 2 aromatic rings. The van der Waals surface area contributed by atoms with Crippen LogP contribution in [0, 0.1) is 12.8 Å². The highest BCUT2D eigenvalue weighted by Gasteiger charge is 2.08. The van der Waals surface area contributed by atoms with Gasteiger partial charge in [-0.25, -0.2) is 0 Å². The van der Waals surface area contributed by atoms with Crippen molar-refractivity contribution in [2.75, 3.05) is 5.32 Å². The van der Waals surface area contributed by atoms with Crippen molar-refractivity contribution in [1.29, 1.82) is 0 Å². The lowest BCUT2D eigenvalue weighted by Crippen LogP contribution is -2.02. The summed E-state index contributed by atoms with van der Waals surface area (Å²) >= 11 is 5.97. The van der Waals surface area contributed by atoms with Gasteiger partial charge < -0.3 is 9.84 Å². The number of aromatic nitrogens is 2. The minimum atomic E-state index is 0.506. The summed E-state index contributed by atoms with van der Waals surface area (Å²) in [7, 11) is 0. The van der Waals surface area contributed by atoms with Crippen LogP contribution in [0.1, 0.15) is 31.1 Å². The average molecular weight is 280 g/mol. The van der Waals surface area contributed by atoms with E-state index in [4.69, 9.17) is 16.1 Å². The Hall–Kier alpha value is -1.55. The molecule has 102 valence electrons. The second kappa shape index (κ2) is 6.06. The van der Waals surface area contributed by atoms with Gasteiger partial charge in [0, 0.05) is 17.1 Å². The maximum Gasteiger partial charge on any atom is 0.245 e. The summed E-state index contributed by atoms with van der Waals surface area (Å²) in [6.45, 7) is 6.79. The fourth-order valence-corrected chi connectivity index (χ4v) is 1.94. The third-order valence-corrected chi connectivity index (χ3v) is 2.97. The Morgan fingerprint density at radius 3 is 2.89 bits per heavy atom. The molecule has 1 heterocycles. The maximum atomic E-state index is 5.97. The molecule has 0 aliphatic heterocycles. The van der Waals surface area contributed by atoms with E-state index in [9.17, 15) is 0 Å². The van der Waals surface area contributed by atoms with Crippen LogP contribution in [0.15, 0.2) is 22.7 Å². The molecule has 0 unspecified atom stereocenters. The molecule has 0 amide bonds. The van der Waals surface area contributed by atoms with Crippen molar-refractivity contribution in [2.45, 2.75) is 33.7 Å². The highest BCUT2D eigenvalue weighted by molar-refractivity contribution is 6.30. The predicted molar refractivity (Wildman–Crippen MR) is 76.4 cm³/mol. The predicted octanol–water partition coefficient (Wildman–Crippen LogP) is 3.84. The van der Waals surface area contributed by atoms with Crippen LogP contribution in [0.2, 0.25) is 5.02 Å². The van der Waals surface area contributed by atoms with Crippen LogP contribution in [-0.2, 0) is 13.0 Å². The van der Waals surface area contributed by atoms with E-state index in [1.807, 2.05) is 25.1 Å². The Kier molecular flexibility index (Phi) is 4.43. The summed E-state index contributed by atoms with van der Waals surface area (Å²) in [4.78, 5) is 4.34. The van der Waals surface area contributed by atoms with Gasteiger partial charge in [0.25, 0.3) is 0 Å². The topological polar surface area (TPSA) is 51.0 Å². The third-order valence-electron chi connectivity index (χ3n) is 2.73. The van der Waals surface area contributed by atoms with Gasteiger partial charge in [-0.3, -0.25) is 0 Å². The molecule has 0 fully saturated rings. The van der Waals surface area contributed by atoms with E-state index >= 15 is 0 Å². The van der Waals surface area contributed by atoms with Gasteiger partial charge in [-0.15, -0.1) is 0 Å².